The van der Waals surface area contributed by atoms with E-state index >= 15 is 0 Å². The number of hydrogen-bond donors (Lipinski definition) is 2. The summed E-state index contributed by atoms with van der Waals surface area (Å²) in [7, 11) is 4.17. The average Bonchev–Trinajstić information content (AvgIpc) is 2.50. The Hall–Kier alpha value is -2.14. The van der Waals surface area contributed by atoms with Crippen LogP contribution in [0.15, 0.2) is 24.4 Å². The number of nitrogens with zero attached hydrogens (tertiary/aromatic N) is 3. The number of aromatic nitrogens is 2. The van der Waals surface area contributed by atoms with Crippen molar-refractivity contribution in [2.45, 2.75) is 39.7 Å². The van der Waals surface area contributed by atoms with Gasteiger partial charge in [0.2, 0.25) is 5.95 Å². The second-order valence-electron chi connectivity index (χ2n) is 6.33. The molecule has 1 atom stereocenters. The van der Waals surface area contributed by atoms with Crippen molar-refractivity contribution in [2.24, 2.45) is 0 Å². The molecule has 0 aliphatic heterocycles. The highest BCUT2D eigenvalue weighted by atomic mass is 15.1. The minimum atomic E-state index is 0.502. The Morgan fingerprint density at radius 1 is 1.26 bits per heavy atom. The molecule has 0 aliphatic carbocycles. The minimum Gasteiger partial charge on any atom is -0.383 e. The van der Waals surface area contributed by atoms with Crippen molar-refractivity contribution in [3.63, 3.8) is 0 Å². The van der Waals surface area contributed by atoms with Gasteiger partial charge < -0.3 is 16.0 Å². The molecule has 0 fully saturated rings. The van der Waals surface area contributed by atoms with E-state index in [9.17, 15) is 0 Å². The molecule has 0 aliphatic rings. The average molecular weight is 313 g/mol. The Morgan fingerprint density at radius 2 is 2.00 bits per heavy atom. The van der Waals surface area contributed by atoms with Crippen LogP contribution in [0.3, 0.4) is 0 Å². The summed E-state index contributed by atoms with van der Waals surface area (Å²) in [6.07, 6.45) is 3.75. The molecule has 5 nitrogen and oxygen atoms in total. The number of nitrogen functional groups attached to an aromatic ring is 1. The molecule has 0 bridgehead atoms. The molecule has 1 unspecified atom stereocenters. The normalized spacial score (nSPS) is 12.4. The van der Waals surface area contributed by atoms with Gasteiger partial charge in [-0.1, -0.05) is 12.1 Å². The van der Waals surface area contributed by atoms with Crippen molar-refractivity contribution in [2.75, 3.05) is 25.1 Å². The fraction of sp³-hybridized carbons (Fsp3) is 0.444. The summed E-state index contributed by atoms with van der Waals surface area (Å²) in [6, 6.07) is 6.63. The highest BCUT2D eigenvalue weighted by Gasteiger charge is 2.09. The second-order valence-corrected chi connectivity index (χ2v) is 6.33. The van der Waals surface area contributed by atoms with E-state index in [0.29, 0.717) is 17.8 Å². The first-order chi connectivity index (χ1) is 10.9. The summed E-state index contributed by atoms with van der Waals surface area (Å²) in [4.78, 5) is 11.0. The Balaban J connectivity index is 2.08. The van der Waals surface area contributed by atoms with Crippen LogP contribution in [0.5, 0.6) is 0 Å². The van der Waals surface area contributed by atoms with E-state index in [1.165, 1.54) is 11.1 Å². The topological polar surface area (TPSA) is 67.1 Å². The molecule has 2 rings (SSSR count). The fourth-order valence-electron chi connectivity index (χ4n) is 2.30. The van der Waals surface area contributed by atoms with Gasteiger partial charge in [-0.3, -0.25) is 0 Å². The zero-order valence-electron chi connectivity index (χ0n) is 14.7. The van der Waals surface area contributed by atoms with Crippen LogP contribution in [0.4, 0.5) is 17.5 Å². The van der Waals surface area contributed by atoms with Gasteiger partial charge in [-0.05, 0) is 64.9 Å². The minimum absolute atomic E-state index is 0.502. The van der Waals surface area contributed by atoms with Crippen LogP contribution in [0.1, 0.15) is 30.0 Å². The molecule has 0 saturated carbocycles. The van der Waals surface area contributed by atoms with Gasteiger partial charge in [0.25, 0.3) is 0 Å². The lowest BCUT2D eigenvalue weighted by Crippen LogP contribution is -2.25. The molecule has 0 saturated heterocycles. The summed E-state index contributed by atoms with van der Waals surface area (Å²) in [6.45, 7) is 6.37. The summed E-state index contributed by atoms with van der Waals surface area (Å²) in [5, 5.41) is 3.25. The van der Waals surface area contributed by atoms with Gasteiger partial charge >= 0.3 is 0 Å². The van der Waals surface area contributed by atoms with E-state index in [2.05, 4.69) is 61.1 Å². The number of hydrogen-bond acceptors (Lipinski definition) is 5. The molecule has 0 amide bonds. The predicted octanol–water partition coefficient (Wildman–Crippen LogP) is 3.30. The number of anilines is 3. The highest BCUT2D eigenvalue weighted by molar-refractivity contribution is 5.61. The van der Waals surface area contributed by atoms with E-state index < -0.39 is 0 Å². The van der Waals surface area contributed by atoms with Crippen molar-refractivity contribution < 1.29 is 0 Å². The van der Waals surface area contributed by atoms with Gasteiger partial charge in [-0.2, -0.15) is 4.98 Å². The Labute approximate surface area is 138 Å². The maximum atomic E-state index is 6.10. The van der Waals surface area contributed by atoms with Crippen LogP contribution >= 0.6 is 0 Å². The largest absolute Gasteiger partial charge is 0.383 e. The molecule has 5 heteroatoms. The summed E-state index contributed by atoms with van der Waals surface area (Å²) in [5.74, 6) is 1.10. The first-order valence-electron chi connectivity index (χ1n) is 7.99. The summed E-state index contributed by atoms with van der Waals surface area (Å²) < 4.78 is 0. The van der Waals surface area contributed by atoms with Gasteiger partial charge in [0.15, 0.2) is 0 Å². The van der Waals surface area contributed by atoms with Crippen LogP contribution in [0, 0.1) is 13.8 Å². The molecule has 1 heterocycles. The van der Waals surface area contributed by atoms with Crippen LogP contribution in [0.25, 0.3) is 0 Å². The molecular formula is C18H27N5. The third kappa shape index (κ3) is 4.42. The van der Waals surface area contributed by atoms with E-state index in [4.69, 9.17) is 5.73 Å². The standard InChI is InChI=1S/C18H27N5/c1-12-7-6-8-16(14(12)3)21-18-20-11-15(17(19)22-18)10-9-13(2)23(4)5/h6-8,11,13H,9-10H2,1-5H3,(H3,19,20,21,22). The zero-order chi connectivity index (χ0) is 17.0. The summed E-state index contributed by atoms with van der Waals surface area (Å²) in [5.41, 5.74) is 10.5. The SMILES string of the molecule is Cc1cccc(Nc2ncc(CCC(C)N(C)C)c(N)n2)c1C. The lowest BCUT2D eigenvalue weighted by molar-refractivity contribution is 0.299. The monoisotopic (exact) mass is 313 g/mol. The van der Waals surface area contributed by atoms with Crippen molar-refractivity contribution in [1.29, 1.82) is 0 Å². The first kappa shape index (κ1) is 17.2. The molecule has 124 valence electrons. The van der Waals surface area contributed by atoms with Crippen LogP contribution < -0.4 is 11.1 Å². The predicted molar refractivity (Wildman–Crippen MR) is 97.1 cm³/mol. The molecular weight excluding hydrogens is 286 g/mol. The lowest BCUT2D eigenvalue weighted by atomic mass is 10.1. The van der Waals surface area contributed by atoms with Gasteiger partial charge in [0, 0.05) is 23.5 Å². The lowest BCUT2D eigenvalue weighted by Gasteiger charge is -2.19. The van der Waals surface area contributed by atoms with Crippen LogP contribution in [-0.4, -0.2) is 35.0 Å². The Morgan fingerprint density at radius 3 is 2.65 bits per heavy atom. The molecule has 2 aromatic rings. The molecule has 1 aromatic heterocycles. The van der Waals surface area contributed by atoms with E-state index in [1.807, 2.05) is 18.3 Å². The second kappa shape index (κ2) is 7.42. The van der Waals surface area contributed by atoms with Crippen molar-refractivity contribution in [3.8, 4) is 0 Å². The van der Waals surface area contributed by atoms with Crippen molar-refractivity contribution in [3.05, 3.63) is 41.1 Å². The number of aryl methyl sites for hydroxylation is 2. The van der Waals surface area contributed by atoms with Crippen LogP contribution in [0.2, 0.25) is 0 Å². The van der Waals surface area contributed by atoms with E-state index in [-0.39, 0.29) is 0 Å². The van der Waals surface area contributed by atoms with Crippen molar-refractivity contribution in [1.82, 2.24) is 14.9 Å². The third-order valence-corrected chi connectivity index (χ3v) is 4.46. The van der Waals surface area contributed by atoms with E-state index in [0.717, 1.165) is 24.1 Å². The molecule has 1 aromatic carbocycles. The van der Waals surface area contributed by atoms with Crippen LogP contribution in [-0.2, 0) is 6.42 Å². The summed E-state index contributed by atoms with van der Waals surface area (Å²) >= 11 is 0. The number of nitrogens with one attached hydrogen (secondary N) is 1. The highest BCUT2D eigenvalue weighted by Crippen LogP contribution is 2.22. The van der Waals surface area contributed by atoms with Gasteiger partial charge in [-0.15, -0.1) is 0 Å². The number of rotatable bonds is 6. The quantitative estimate of drug-likeness (QED) is 0.856. The molecule has 3 N–H and O–H groups in total. The Kier molecular flexibility index (Phi) is 5.55. The first-order valence-corrected chi connectivity index (χ1v) is 7.99. The maximum absolute atomic E-state index is 6.10. The zero-order valence-corrected chi connectivity index (χ0v) is 14.7. The van der Waals surface area contributed by atoms with Gasteiger partial charge in [0.1, 0.15) is 5.82 Å². The third-order valence-electron chi connectivity index (χ3n) is 4.46. The van der Waals surface area contributed by atoms with Gasteiger partial charge in [0.05, 0.1) is 0 Å². The number of nitrogens with two attached hydrogens (primary N) is 1. The van der Waals surface area contributed by atoms with Crippen molar-refractivity contribution >= 4 is 17.5 Å². The molecule has 23 heavy (non-hydrogen) atoms. The van der Waals surface area contributed by atoms with E-state index in [1.54, 1.807) is 0 Å². The maximum Gasteiger partial charge on any atom is 0.229 e. The Bertz CT molecular complexity index is 666. The van der Waals surface area contributed by atoms with Gasteiger partial charge in [-0.25, -0.2) is 4.98 Å². The molecule has 0 spiro atoms. The fourth-order valence-corrected chi connectivity index (χ4v) is 2.30. The molecule has 0 radical (unpaired) electrons. The smallest absolute Gasteiger partial charge is 0.229 e. The number of benzene rings is 1.